The molecule has 0 spiro atoms. The molecule has 2 heterocycles. The molecule has 0 saturated carbocycles. The number of amides is 1. The Hall–Kier alpha value is -2.17. The molecule has 0 N–H and O–H groups in total. The van der Waals surface area contributed by atoms with Crippen molar-refractivity contribution in [1.29, 1.82) is 0 Å². The van der Waals surface area contributed by atoms with Crippen molar-refractivity contribution in [3.8, 4) is 0 Å². The first-order valence-corrected chi connectivity index (χ1v) is 7.71. The maximum atomic E-state index is 12.4. The van der Waals surface area contributed by atoms with Crippen LogP contribution in [-0.4, -0.2) is 27.5 Å². The van der Waals surface area contributed by atoms with Gasteiger partial charge in [-0.3, -0.25) is 4.79 Å². The summed E-state index contributed by atoms with van der Waals surface area (Å²) in [6.07, 6.45) is 1.11. The van der Waals surface area contributed by atoms with Gasteiger partial charge in [0.15, 0.2) is 5.82 Å². The molecule has 1 aliphatic rings. The van der Waals surface area contributed by atoms with E-state index in [4.69, 9.17) is 4.52 Å². The van der Waals surface area contributed by atoms with E-state index in [-0.39, 0.29) is 12.3 Å². The van der Waals surface area contributed by atoms with Crippen LogP contribution in [-0.2, 0) is 24.2 Å². The lowest BCUT2D eigenvalue weighted by Crippen LogP contribution is -2.37. The van der Waals surface area contributed by atoms with Gasteiger partial charge in [-0.2, -0.15) is 4.98 Å². The van der Waals surface area contributed by atoms with Gasteiger partial charge in [-0.05, 0) is 29.0 Å². The third-order valence-electron chi connectivity index (χ3n) is 4.14. The topological polar surface area (TPSA) is 59.2 Å². The van der Waals surface area contributed by atoms with Crippen LogP contribution in [0.2, 0.25) is 0 Å². The van der Waals surface area contributed by atoms with Crippen molar-refractivity contribution >= 4 is 5.91 Å². The number of hydrogen-bond donors (Lipinski definition) is 0. The number of rotatable bonds is 3. The molecule has 2 aromatic rings. The molecule has 0 fully saturated rings. The van der Waals surface area contributed by atoms with E-state index < -0.39 is 0 Å². The summed E-state index contributed by atoms with van der Waals surface area (Å²) in [5.41, 5.74) is 3.93. The monoisotopic (exact) mass is 299 g/mol. The molecular weight excluding hydrogens is 278 g/mol. The molecule has 22 heavy (non-hydrogen) atoms. The lowest BCUT2D eigenvalue weighted by Gasteiger charge is -2.29. The molecule has 0 atom stereocenters. The Morgan fingerprint density at radius 2 is 2.18 bits per heavy atom. The molecule has 1 aliphatic heterocycles. The van der Waals surface area contributed by atoms with E-state index in [9.17, 15) is 4.79 Å². The summed E-state index contributed by atoms with van der Waals surface area (Å²) in [6.45, 7) is 7.53. The second-order valence-corrected chi connectivity index (χ2v) is 6.15. The third-order valence-corrected chi connectivity index (χ3v) is 4.14. The highest BCUT2D eigenvalue weighted by atomic mass is 16.5. The number of aryl methyl sites for hydroxylation is 1. The van der Waals surface area contributed by atoms with Gasteiger partial charge in [-0.1, -0.05) is 37.2 Å². The average Bonchev–Trinajstić information content (AvgIpc) is 2.91. The molecule has 1 amide bonds. The Labute approximate surface area is 130 Å². The Kier molecular flexibility index (Phi) is 3.96. The highest BCUT2D eigenvalue weighted by molar-refractivity contribution is 5.78. The number of carbonyl (C=O) groups excluding carboxylic acids is 1. The zero-order valence-electron chi connectivity index (χ0n) is 13.3. The molecule has 0 bridgehead atoms. The van der Waals surface area contributed by atoms with E-state index in [1.807, 2.05) is 4.90 Å². The second-order valence-electron chi connectivity index (χ2n) is 6.15. The van der Waals surface area contributed by atoms with Gasteiger partial charge in [0.2, 0.25) is 11.8 Å². The van der Waals surface area contributed by atoms with Gasteiger partial charge in [-0.15, -0.1) is 0 Å². The zero-order valence-corrected chi connectivity index (χ0v) is 13.3. The molecule has 0 saturated heterocycles. The van der Waals surface area contributed by atoms with Crippen LogP contribution in [0, 0.1) is 6.92 Å². The molecule has 1 aromatic carbocycles. The molecule has 3 rings (SSSR count). The highest BCUT2D eigenvalue weighted by Gasteiger charge is 2.22. The molecule has 116 valence electrons. The van der Waals surface area contributed by atoms with Gasteiger partial charge in [-0.25, -0.2) is 0 Å². The first-order chi connectivity index (χ1) is 10.5. The van der Waals surface area contributed by atoms with Gasteiger partial charge in [0.25, 0.3) is 0 Å². The van der Waals surface area contributed by atoms with E-state index in [0.29, 0.717) is 24.2 Å². The lowest BCUT2D eigenvalue weighted by molar-refractivity contribution is -0.131. The number of carbonyl (C=O) groups is 1. The summed E-state index contributed by atoms with van der Waals surface area (Å²) in [4.78, 5) is 18.4. The van der Waals surface area contributed by atoms with Gasteiger partial charge in [0, 0.05) is 20.0 Å². The van der Waals surface area contributed by atoms with E-state index in [2.05, 4.69) is 42.2 Å². The summed E-state index contributed by atoms with van der Waals surface area (Å²) in [5.74, 6) is 1.51. The van der Waals surface area contributed by atoms with Crippen LogP contribution < -0.4 is 0 Å². The van der Waals surface area contributed by atoms with E-state index in [0.717, 1.165) is 13.0 Å². The summed E-state index contributed by atoms with van der Waals surface area (Å²) in [5, 5.41) is 3.80. The van der Waals surface area contributed by atoms with E-state index in [1.165, 1.54) is 16.7 Å². The summed E-state index contributed by atoms with van der Waals surface area (Å²) in [7, 11) is 0. The van der Waals surface area contributed by atoms with E-state index >= 15 is 0 Å². The minimum absolute atomic E-state index is 0.0569. The Balaban J connectivity index is 1.72. The highest BCUT2D eigenvalue weighted by Crippen LogP contribution is 2.24. The summed E-state index contributed by atoms with van der Waals surface area (Å²) >= 11 is 0. The number of nitrogens with zero attached hydrogens (tertiary/aromatic N) is 3. The predicted molar refractivity (Wildman–Crippen MR) is 82.4 cm³/mol. The Bertz CT molecular complexity index is 691. The van der Waals surface area contributed by atoms with Crippen LogP contribution in [0.4, 0.5) is 0 Å². The fourth-order valence-electron chi connectivity index (χ4n) is 2.81. The standard InChI is InChI=1S/C17H21N3O2/c1-11(2)14-5-4-13-6-7-20(10-15(13)8-14)17(21)9-16-18-12(3)22-19-16/h4-5,8,11H,6-7,9-10H2,1-3H3. The van der Waals surface area contributed by atoms with Crippen LogP contribution in [0.1, 0.15) is 48.2 Å². The van der Waals surface area contributed by atoms with Gasteiger partial charge in [0.1, 0.15) is 0 Å². The second kappa shape index (κ2) is 5.91. The quantitative estimate of drug-likeness (QED) is 0.874. The summed E-state index contributed by atoms with van der Waals surface area (Å²) < 4.78 is 4.92. The van der Waals surface area contributed by atoms with Crippen molar-refractivity contribution < 1.29 is 9.32 Å². The van der Waals surface area contributed by atoms with Crippen LogP contribution in [0.15, 0.2) is 22.7 Å². The first-order valence-electron chi connectivity index (χ1n) is 7.71. The van der Waals surface area contributed by atoms with Gasteiger partial charge < -0.3 is 9.42 Å². The van der Waals surface area contributed by atoms with Crippen molar-refractivity contribution in [3.05, 3.63) is 46.6 Å². The smallest absolute Gasteiger partial charge is 0.230 e. The minimum Gasteiger partial charge on any atom is -0.340 e. The van der Waals surface area contributed by atoms with Crippen LogP contribution in [0.25, 0.3) is 0 Å². The van der Waals surface area contributed by atoms with E-state index in [1.54, 1.807) is 6.92 Å². The number of benzene rings is 1. The molecule has 0 unspecified atom stereocenters. The van der Waals surface area contributed by atoms with Crippen LogP contribution >= 0.6 is 0 Å². The third kappa shape index (κ3) is 3.03. The first kappa shape index (κ1) is 14.8. The van der Waals surface area contributed by atoms with Gasteiger partial charge in [0.05, 0.1) is 6.42 Å². The summed E-state index contributed by atoms with van der Waals surface area (Å²) in [6, 6.07) is 6.63. The van der Waals surface area contributed by atoms with Crippen LogP contribution in [0.3, 0.4) is 0 Å². The molecular formula is C17H21N3O2. The van der Waals surface area contributed by atoms with Gasteiger partial charge >= 0.3 is 0 Å². The largest absolute Gasteiger partial charge is 0.340 e. The molecule has 5 heteroatoms. The number of hydrogen-bond acceptors (Lipinski definition) is 4. The maximum Gasteiger partial charge on any atom is 0.230 e. The molecule has 0 radical (unpaired) electrons. The average molecular weight is 299 g/mol. The van der Waals surface area contributed by atoms with Crippen molar-refractivity contribution in [3.63, 3.8) is 0 Å². The predicted octanol–water partition coefficient (Wildman–Crippen LogP) is 2.63. The normalized spacial score (nSPS) is 14.3. The van der Waals surface area contributed by atoms with Crippen LogP contribution in [0.5, 0.6) is 0 Å². The molecule has 0 aliphatic carbocycles. The Morgan fingerprint density at radius 1 is 1.36 bits per heavy atom. The number of aromatic nitrogens is 2. The zero-order chi connectivity index (χ0) is 15.7. The van der Waals surface area contributed by atoms with Crippen molar-refractivity contribution in [2.75, 3.05) is 6.54 Å². The fourth-order valence-corrected chi connectivity index (χ4v) is 2.81. The van der Waals surface area contributed by atoms with Crippen molar-refractivity contribution in [2.24, 2.45) is 0 Å². The van der Waals surface area contributed by atoms with Crippen molar-refractivity contribution in [1.82, 2.24) is 15.0 Å². The minimum atomic E-state index is 0.0569. The fraction of sp³-hybridized carbons (Fsp3) is 0.471. The molecule has 5 nitrogen and oxygen atoms in total. The molecule has 1 aromatic heterocycles. The van der Waals surface area contributed by atoms with Crippen molar-refractivity contribution in [2.45, 2.75) is 46.1 Å². The number of fused-ring (bicyclic) bond motifs is 1. The lowest BCUT2D eigenvalue weighted by atomic mass is 9.93. The SMILES string of the molecule is Cc1nc(CC(=O)N2CCc3ccc(C(C)C)cc3C2)no1. The maximum absolute atomic E-state index is 12.4. The Morgan fingerprint density at radius 3 is 2.86 bits per heavy atom.